The zero-order chi connectivity index (χ0) is 24.4. The van der Waals surface area contributed by atoms with Gasteiger partial charge >= 0.3 is 0 Å². The summed E-state index contributed by atoms with van der Waals surface area (Å²) in [6, 6.07) is 9.38. The van der Waals surface area contributed by atoms with E-state index in [0.717, 1.165) is 36.9 Å². The number of aryl methyl sites for hydroxylation is 1. The van der Waals surface area contributed by atoms with E-state index in [4.69, 9.17) is 4.63 Å². The maximum atomic E-state index is 13.9. The van der Waals surface area contributed by atoms with Gasteiger partial charge in [-0.05, 0) is 36.4 Å². The quantitative estimate of drug-likeness (QED) is 0.587. The van der Waals surface area contributed by atoms with Gasteiger partial charge in [0.05, 0.1) is 5.41 Å². The Kier molecular flexibility index (Phi) is 6.58. The first-order chi connectivity index (χ1) is 17.0. The van der Waals surface area contributed by atoms with Crippen LogP contribution in [-0.4, -0.2) is 70.6 Å². The van der Waals surface area contributed by atoms with Gasteiger partial charge in [-0.25, -0.2) is 4.63 Å². The molecule has 2 aliphatic heterocycles. The molecule has 1 aromatic carbocycles. The van der Waals surface area contributed by atoms with Gasteiger partial charge in [0.15, 0.2) is 5.82 Å². The first-order valence-electron chi connectivity index (χ1n) is 12.7. The fraction of sp³-hybridized carbons (Fsp3) is 0.577. The molecule has 0 bridgehead atoms. The highest BCUT2D eigenvalue weighted by atomic mass is 16.6. The Morgan fingerprint density at radius 1 is 1.03 bits per heavy atom. The maximum absolute atomic E-state index is 13.9. The molecule has 3 aliphatic rings. The molecule has 5 rings (SSSR count). The summed E-state index contributed by atoms with van der Waals surface area (Å²) in [6.07, 6.45) is 5.70. The normalized spacial score (nSPS) is 23.9. The smallest absolute Gasteiger partial charge is 0.240 e. The largest absolute Gasteiger partial charge is 0.349 e. The van der Waals surface area contributed by atoms with Crippen molar-refractivity contribution in [2.45, 2.75) is 57.3 Å². The fourth-order valence-corrected chi connectivity index (χ4v) is 5.89. The molecule has 3 amide bonds. The number of carbonyl (C=O) groups excluding carboxylic acids is 3. The summed E-state index contributed by atoms with van der Waals surface area (Å²) >= 11 is 0. The first kappa shape index (κ1) is 23.5. The van der Waals surface area contributed by atoms with Crippen molar-refractivity contribution in [2.75, 3.05) is 37.6 Å². The van der Waals surface area contributed by atoms with Gasteiger partial charge in [-0.1, -0.05) is 54.8 Å². The van der Waals surface area contributed by atoms with E-state index in [2.05, 4.69) is 15.2 Å². The van der Waals surface area contributed by atoms with Crippen LogP contribution in [0.25, 0.3) is 0 Å². The highest BCUT2D eigenvalue weighted by Crippen LogP contribution is 2.41. The number of hydrogen-bond acceptors (Lipinski definition) is 7. The number of hydrogen-bond donors (Lipinski definition) is 0. The fourth-order valence-electron chi connectivity index (χ4n) is 5.89. The summed E-state index contributed by atoms with van der Waals surface area (Å²) in [6.45, 7) is 4.58. The van der Waals surface area contributed by atoms with Crippen LogP contribution < -0.4 is 4.90 Å². The lowest BCUT2D eigenvalue weighted by Gasteiger charge is -2.36. The Labute approximate surface area is 205 Å². The summed E-state index contributed by atoms with van der Waals surface area (Å²) in [5, 5.41) is 7.81. The molecule has 2 aromatic rings. The third-order valence-corrected chi connectivity index (χ3v) is 7.91. The molecule has 0 radical (unpaired) electrons. The number of amides is 3. The Morgan fingerprint density at radius 2 is 1.74 bits per heavy atom. The standard InChI is InChI=1S/C26H33N5O4/c1-19-24(28-35-27-19)30-14-12-29(13-15-30)22(32)16-26(21-10-6-3-7-11-21)17-23(33)31(25(26)34)18-20-8-4-2-5-9-20/h3,6-7,10-11,20H,2,4-5,8-9,12-18H2,1H3/t26-/m0/s1. The number of likely N-dealkylation sites (tertiary alicyclic amines) is 1. The van der Waals surface area contributed by atoms with Crippen molar-refractivity contribution in [1.29, 1.82) is 0 Å². The number of nitrogens with zero attached hydrogens (tertiary/aromatic N) is 5. The average Bonchev–Trinajstić information content (AvgIpc) is 3.42. The van der Waals surface area contributed by atoms with Gasteiger partial charge in [0, 0.05) is 45.6 Å². The minimum absolute atomic E-state index is 0.00724. The van der Waals surface area contributed by atoms with E-state index in [9.17, 15) is 14.4 Å². The zero-order valence-corrected chi connectivity index (χ0v) is 20.3. The van der Waals surface area contributed by atoms with Gasteiger partial charge in [-0.3, -0.25) is 19.3 Å². The molecule has 9 heteroatoms. The van der Waals surface area contributed by atoms with Crippen molar-refractivity contribution >= 4 is 23.5 Å². The summed E-state index contributed by atoms with van der Waals surface area (Å²) < 4.78 is 4.81. The third kappa shape index (κ3) is 4.56. The lowest BCUT2D eigenvalue weighted by Crippen LogP contribution is -2.51. The van der Waals surface area contributed by atoms with Crippen LogP contribution in [0.15, 0.2) is 35.0 Å². The third-order valence-electron chi connectivity index (χ3n) is 7.91. The summed E-state index contributed by atoms with van der Waals surface area (Å²) in [5.74, 6) is 0.602. The SMILES string of the molecule is Cc1nonc1N1CCN(C(=O)C[C@@]2(c3ccccc3)CC(=O)N(CC3CCCCC3)C2=O)CC1. The van der Waals surface area contributed by atoms with Crippen LogP contribution in [0, 0.1) is 12.8 Å². The minimum Gasteiger partial charge on any atom is -0.349 e. The zero-order valence-electron chi connectivity index (χ0n) is 20.3. The highest BCUT2D eigenvalue weighted by Gasteiger charge is 2.54. The lowest BCUT2D eigenvalue weighted by molar-refractivity contribution is -0.143. The highest BCUT2D eigenvalue weighted by molar-refractivity contribution is 6.10. The first-order valence-corrected chi connectivity index (χ1v) is 12.7. The van der Waals surface area contributed by atoms with Gasteiger partial charge in [0.2, 0.25) is 17.7 Å². The van der Waals surface area contributed by atoms with E-state index < -0.39 is 5.41 Å². The van der Waals surface area contributed by atoms with Crippen LogP contribution in [0.5, 0.6) is 0 Å². The number of piperazine rings is 1. The van der Waals surface area contributed by atoms with Crippen molar-refractivity contribution in [2.24, 2.45) is 5.92 Å². The minimum atomic E-state index is -1.13. The van der Waals surface area contributed by atoms with Crippen LogP contribution in [0.2, 0.25) is 0 Å². The second-order valence-electron chi connectivity index (χ2n) is 10.2. The molecule has 1 aliphatic carbocycles. The van der Waals surface area contributed by atoms with Crippen molar-refractivity contribution in [3.05, 3.63) is 41.6 Å². The molecule has 1 aromatic heterocycles. The van der Waals surface area contributed by atoms with Gasteiger partial charge in [-0.15, -0.1) is 0 Å². The van der Waals surface area contributed by atoms with E-state index in [-0.39, 0.29) is 30.6 Å². The molecule has 9 nitrogen and oxygen atoms in total. The monoisotopic (exact) mass is 479 g/mol. The predicted octanol–water partition coefficient (Wildman–Crippen LogP) is 2.69. The van der Waals surface area contributed by atoms with E-state index in [1.807, 2.05) is 37.3 Å². The Morgan fingerprint density at radius 3 is 2.40 bits per heavy atom. The summed E-state index contributed by atoms with van der Waals surface area (Å²) in [7, 11) is 0. The molecule has 3 heterocycles. The molecule has 1 atom stereocenters. The van der Waals surface area contributed by atoms with E-state index in [0.29, 0.717) is 44.5 Å². The molecule has 3 fully saturated rings. The van der Waals surface area contributed by atoms with Crippen LogP contribution in [-0.2, 0) is 19.8 Å². The van der Waals surface area contributed by atoms with Gasteiger partial charge in [0.1, 0.15) is 5.69 Å². The second kappa shape index (κ2) is 9.79. The van der Waals surface area contributed by atoms with Gasteiger partial charge in [-0.2, -0.15) is 0 Å². The van der Waals surface area contributed by atoms with Crippen molar-refractivity contribution in [3.8, 4) is 0 Å². The topological polar surface area (TPSA) is 99.8 Å². The van der Waals surface area contributed by atoms with Crippen LogP contribution in [0.1, 0.15) is 56.2 Å². The lowest BCUT2D eigenvalue weighted by atomic mass is 9.75. The number of carbonyl (C=O) groups is 3. The molecular weight excluding hydrogens is 446 g/mol. The van der Waals surface area contributed by atoms with Crippen molar-refractivity contribution in [3.63, 3.8) is 0 Å². The average molecular weight is 480 g/mol. The second-order valence-corrected chi connectivity index (χ2v) is 10.2. The molecule has 1 saturated carbocycles. The Balaban J connectivity index is 1.32. The van der Waals surface area contributed by atoms with E-state index >= 15 is 0 Å². The number of imide groups is 1. The molecule has 0 N–H and O–H groups in total. The van der Waals surface area contributed by atoms with Gasteiger partial charge in [0.25, 0.3) is 0 Å². The summed E-state index contributed by atoms with van der Waals surface area (Å²) in [5.41, 5.74) is 0.343. The number of rotatable bonds is 6. The molecular formula is C26H33N5O4. The molecule has 35 heavy (non-hydrogen) atoms. The van der Waals surface area contributed by atoms with Crippen LogP contribution >= 0.6 is 0 Å². The molecule has 0 spiro atoms. The summed E-state index contributed by atoms with van der Waals surface area (Å²) in [4.78, 5) is 45.9. The number of aromatic nitrogens is 2. The predicted molar refractivity (Wildman–Crippen MR) is 128 cm³/mol. The number of anilines is 1. The van der Waals surface area contributed by atoms with E-state index in [1.54, 1.807) is 4.90 Å². The van der Waals surface area contributed by atoms with Crippen LogP contribution in [0.3, 0.4) is 0 Å². The van der Waals surface area contributed by atoms with Crippen molar-refractivity contribution in [1.82, 2.24) is 20.1 Å². The molecule has 2 saturated heterocycles. The maximum Gasteiger partial charge on any atom is 0.240 e. The number of benzene rings is 1. The van der Waals surface area contributed by atoms with Crippen molar-refractivity contribution < 1.29 is 19.0 Å². The van der Waals surface area contributed by atoms with Crippen LogP contribution in [0.4, 0.5) is 5.82 Å². The van der Waals surface area contributed by atoms with Gasteiger partial charge < -0.3 is 9.80 Å². The Bertz CT molecular complexity index is 1070. The Hall–Kier alpha value is -3.23. The molecule has 186 valence electrons. The van der Waals surface area contributed by atoms with E-state index in [1.165, 1.54) is 11.3 Å². The molecule has 0 unspecified atom stereocenters.